The van der Waals surface area contributed by atoms with Gasteiger partial charge in [-0.3, -0.25) is 4.90 Å². The summed E-state index contributed by atoms with van der Waals surface area (Å²) in [5, 5.41) is 0. The van der Waals surface area contributed by atoms with E-state index in [0.717, 1.165) is 25.6 Å². The molecule has 0 aromatic rings. The first kappa shape index (κ1) is 10.6. The predicted octanol–water partition coefficient (Wildman–Crippen LogP) is 0.926. The van der Waals surface area contributed by atoms with Crippen molar-refractivity contribution >= 4 is 0 Å². The van der Waals surface area contributed by atoms with Gasteiger partial charge in [-0.2, -0.15) is 0 Å². The van der Waals surface area contributed by atoms with E-state index >= 15 is 0 Å². The molecule has 1 atom stereocenters. The van der Waals surface area contributed by atoms with Gasteiger partial charge < -0.3 is 5.73 Å². The van der Waals surface area contributed by atoms with Crippen molar-refractivity contribution in [2.24, 2.45) is 17.6 Å². The number of nitrogens with zero attached hydrogens (tertiary/aromatic N) is 1. The molecular formula is C11H20N2. The lowest BCUT2D eigenvalue weighted by atomic mass is 10.1. The van der Waals surface area contributed by atoms with E-state index < -0.39 is 0 Å². The van der Waals surface area contributed by atoms with Crippen LogP contribution in [0.15, 0.2) is 0 Å². The Balaban J connectivity index is 2.23. The van der Waals surface area contributed by atoms with E-state index in [1.165, 1.54) is 19.4 Å². The lowest BCUT2D eigenvalue weighted by Crippen LogP contribution is -2.33. The van der Waals surface area contributed by atoms with Gasteiger partial charge in [0.05, 0.1) is 6.54 Å². The topological polar surface area (TPSA) is 29.3 Å². The van der Waals surface area contributed by atoms with Crippen LogP contribution < -0.4 is 5.73 Å². The van der Waals surface area contributed by atoms with Crippen LogP contribution in [0, 0.1) is 24.2 Å². The van der Waals surface area contributed by atoms with Gasteiger partial charge in [-0.05, 0) is 31.2 Å². The van der Waals surface area contributed by atoms with Crippen LogP contribution in [0.5, 0.6) is 0 Å². The van der Waals surface area contributed by atoms with Gasteiger partial charge in [-0.15, -0.1) is 6.42 Å². The van der Waals surface area contributed by atoms with Gasteiger partial charge >= 0.3 is 0 Å². The molecule has 1 saturated carbocycles. The maximum absolute atomic E-state index is 5.58. The fraction of sp³-hybridized carbons (Fsp3) is 0.818. The highest BCUT2D eigenvalue weighted by Crippen LogP contribution is 2.29. The zero-order chi connectivity index (χ0) is 9.68. The lowest BCUT2D eigenvalue weighted by molar-refractivity contribution is 0.257. The van der Waals surface area contributed by atoms with Crippen LogP contribution in [0.3, 0.4) is 0 Å². The highest BCUT2D eigenvalue weighted by Gasteiger charge is 2.24. The maximum Gasteiger partial charge on any atom is 0.0599 e. The fourth-order valence-corrected chi connectivity index (χ4v) is 1.51. The van der Waals surface area contributed by atoms with Crippen molar-refractivity contribution in [2.75, 3.05) is 26.2 Å². The van der Waals surface area contributed by atoms with Crippen LogP contribution >= 0.6 is 0 Å². The molecule has 1 aliphatic carbocycles. The molecular weight excluding hydrogens is 160 g/mol. The Kier molecular flexibility index (Phi) is 4.27. The normalized spacial score (nSPS) is 18.6. The molecule has 0 aliphatic heterocycles. The third-order valence-electron chi connectivity index (χ3n) is 2.50. The molecule has 0 amide bonds. The Bertz CT molecular complexity index is 179. The van der Waals surface area contributed by atoms with Gasteiger partial charge in [-0.1, -0.05) is 12.8 Å². The largest absolute Gasteiger partial charge is 0.330 e. The van der Waals surface area contributed by atoms with E-state index in [0.29, 0.717) is 5.92 Å². The first-order valence-electron chi connectivity index (χ1n) is 5.12. The molecule has 13 heavy (non-hydrogen) atoms. The van der Waals surface area contributed by atoms with Crippen LogP contribution in [0.2, 0.25) is 0 Å². The van der Waals surface area contributed by atoms with E-state index in [1.807, 2.05) is 0 Å². The Labute approximate surface area is 81.5 Å². The van der Waals surface area contributed by atoms with E-state index in [1.54, 1.807) is 0 Å². The third-order valence-corrected chi connectivity index (χ3v) is 2.50. The number of rotatable bonds is 6. The molecule has 0 saturated heterocycles. The second-order valence-electron chi connectivity index (χ2n) is 4.18. The second kappa shape index (κ2) is 5.26. The summed E-state index contributed by atoms with van der Waals surface area (Å²) < 4.78 is 0. The van der Waals surface area contributed by atoms with Gasteiger partial charge in [0.25, 0.3) is 0 Å². The monoisotopic (exact) mass is 180 g/mol. The Morgan fingerprint density at radius 1 is 1.62 bits per heavy atom. The average Bonchev–Trinajstić information content (AvgIpc) is 2.88. The Morgan fingerprint density at radius 2 is 2.31 bits per heavy atom. The first-order chi connectivity index (χ1) is 6.26. The molecule has 0 radical (unpaired) electrons. The average molecular weight is 180 g/mol. The summed E-state index contributed by atoms with van der Waals surface area (Å²) in [7, 11) is 0. The summed E-state index contributed by atoms with van der Waals surface area (Å²) in [5.74, 6) is 4.19. The van der Waals surface area contributed by atoms with Crippen molar-refractivity contribution in [1.82, 2.24) is 4.90 Å². The number of terminal acetylenes is 1. The molecule has 0 heterocycles. The number of hydrogen-bond acceptors (Lipinski definition) is 2. The molecule has 2 nitrogen and oxygen atoms in total. The van der Waals surface area contributed by atoms with Gasteiger partial charge in [0.1, 0.15) is 0 Å². The molecule has 0 aromatic carbocycles. The minimum atomic E-state index is 0.562. The zero-order valence-corrected chi connectivity index (χ0v) is 8.50. The molecule has 1 rings (SSSR count). The number of hydrogen-bond donors (Lipinski definition) is 1. The van der Waals surface area contributed by atoms with E-state index in [9.17, 15) is 0 Å². The molecule has 1 fully saturated rings. The van der Waals surface area contributed by atoms with Crippen molar-refractivity contribution in [3.05, 3.63) is 0 Å². The van der Waals surface area contributed by atoms with Gasteiger partial charge in [0, 0.05) is 13.1 Å². The molecule has 2 heteroatoms. The fourth-order valence-electron chi connectivity index (χ4n) is 1.51. The minimum absolute atomic E-state index is 0.562. The smallest absolute Gasteiger partial charge is 0.0599 e. The van der Waals surface area contributed by atoms with Crippen LogP contribution in [0.1, 0.15) is 19.8 Å². The first-order valence-corrected chi connectivity index (χ1v) is 5.12. The summed E-state index contributed by atoms with van der Waals surface area (Å²) in [5.41, 5.74) is 5.58. The van der Waals surface area contributed by atoms with Crippen molar-refractivity contribution in [2.45, 2.75) is 19.8 Å². The molecule has 74 valence electrons. The second-order valence-corrected chi connectivity index (χ2v) is 4.18. The summed E-state index contributed by atoms with van der Waals surface area (Å²) in [6.45, 7) is 5.94. The van der Waals surface area contributed by atoms with Crippen molar-refractivity contribution in [3.8, 4) is 12.3 Å². The Hall–Kier alpha value is -0.520. The van der Waals surface area contributed by atoms with Gasteiger partial charge in [-0.25, -0.2) is 0 Å². The summed E-state index contributed by atoms with van der Waals surface area (Å²) in [6.07, 6.45) is 8.09. The molecule has 2 N–H and O–H groups in total. The van der Waals surface area contributed by atoms with Gasteiger partial charge in [0.15, 0.2) is 0 Å². The van der Waals surface area contributed by atoms with Crippen LogP contribution in [-0.4, -0.2) is 31.1 Å². The minimum Gasteiger partial charge on any atom is -0.330 e. The van der Waals surface area contributed by atoms with E-state index in [4.69, 9.17) is 12.2 Å². The molecule has 1 aliphatic rings. The van der Waals surface area contributed by atoms with Crippen molar-refractivity contribution in [3.63, 3.8) is 0 Å². The zero-order valence-electron chi connectivity index (χ0n) is 8.50. The predicted molar refractivity (Wildman–Crippen MR) is 56.2 cm³/mol. The van der Waals surface area contributed by atoms with Crippen LogP contribution in [0.4, 0.5) is 0 Å². The van der Waals surface area contributed by atoms with Crippen molar-refractivity contribution in [1.29, 1.82) is 0 Å². The summed E-state index contributed by atoms with van der Waals surface area (Å²) in [6, 6.07) is 0. The van der Waals surface area contributed by atoms with E-state index in [2.05, 4.69) is 17.7 Å². The van der Waals surface area contributed by atoms with Crippen molar-refractivity contribution < 1.29 is 0 Å². The maximum atomic E-state index is 5.58. The summed E-state index contributed by atoms with van der Waals surface area (Å²) in [4.78, 5) is 2.36. The third kappa shape index (κ3) is 4.31. The number of nitrogens with two attached hydrogens (primary N) is 1. The highest BCUT2D eigenvalue weighted by atomic mass is 15.1. The van der Waals surface area contributed by atoms with E-state index in [-0.39, 0.29) is 0 Å². The van der Waals surface area contributed by atoms with Crippen LogP contribution in [-0.2, 0) is 0 Å². The lowest BCUT2D eigenvalue weighted by Gasteiger charge is -2.22. The van der Waals surface area contributed by atoms with Gasteiger partial charge in [0.2, 0.25) is 0 Å². The molecule has 0 spiro atoms. The molecule has 0 bridgehead atoms. The molecule has 1 unspecified atom stereocenters. The highest BCUT2D eigenvalue weighted by molar-refractivity contribution is 4.90. The Morgan fingerprint density at radius 3 is 2.77 bits per heavy atom. The standard InChI is InChI=1S/C11H20N2/c1-3-6-13(8-10(2)7-12)9-11-4-5-11/h1,10-11H,4-9,12H2,2H3. The quantitative estimate of drug-likeness (QED) is 0.616. The molecule has 0 aromatic heterocycles. The SMILES string of the molecule is C#CCN(CC(C)CN)CC1CC1. The van der Waals surface area contributed by atoms with Crippen LogP contribution in [0.25, 0.3) is 0 Å². The summed E-state index contributed by atoms with van der Waals surface area (Å²) >= 11 is 0.